The molecule has 2 rings (SSSR count). The molecule has 1 amide bonds. The Balaban J connectivity index is 1.92. The van der Waals surface area contributed by atoms with E-state index in [1.165, 1.54) is 6.07 Å². The lowest BCUT2D eigenvalue weighted by Crippen LogP contribution is -2.39. The maximum atomic E-state index is 13.2. The molecule has 0 spiro atoms. The lowest BCUT2D eigenvalue weighted by Gasteiger charge is -2.29. The van der Waals surface area contributed by atoms with Gasteiger partial charge in [-0.2, -0.15) is 0 Å². The number of benzene rings is 1. The SMILES string of the molecule is CC(NC(=O)c1cccc(OCC(=O)O)c1)C1CCC(F)CC1. The van der Waals surface area contributed by atoms with Crippen LogP contribution in [0.3, 0.4) is 0 Å². The molecule has 1 aromatic carbocycles. The summed E-state index contributed by atoms with van der Waals surface area (Å²) in [6.45, 7) is 1.49. The third-order valence-corrected chi connectivity index (χ3v) is 4.23. The van der Waals surface area contributed by atoms with Gasteiger partial charge >= 0.3 is 5.97 Å². The van der Waals surface area contributed by atoms with Crippen molar-refractivity contribution in [2.24, 2.45) is 5.92 Å². The molecule has 1 saturated carbocycles. The van der Waals surface area contributed by atoms with Crippen LogP contribution in [0, 0.1) is 5.92 Å². The summed E-state index contributed by atoms with van der Waals surface area (Å²) in [6, 6.07) is 6.38. The van der Waals surface area contributed by atoms with E-state index in [1.807, 2.05) is 6.92 Å². The van der Waals surface area contributed by atoms with E-state index >= 15 is 0 Å². The Bertz CT molecular complexity index is 555. The Morgan fingerprint density at radius 2 is 2.04 bits per heavy atom. The largest absolute Gasteiger partial charge is 0.482 e. The highest BCUT2D eigenvalue weighted by Crippen LogP contribution is 2.28. The van der Waals surface area contributed by atoms with Crippen molar-refractivity contribution in [1.29, 1.82) is 0 Å². The molecular weight excluding hydrogens is 301 g/mol. The number of nitrogens with one attached hydrogen (secondary N) is 1. The van der Waals surface area contributed by atoms with Gasteiger partial charge in [0.1, 0.15) is 11.9 Å². The minimum absolute atomic E-state index is 0.0291. The van der Waals surface area contributed by atoms with Gasteiger partial charge in [0.2, 0.25) is 0 Å². The number of amides is 1. The van der Waals surface area contributed by atoms with Gasteiger partial charge in [0.25, 0.3) is 5.91 Å². The fourth-order valence-electron chi connectivity index (χ4n) is 2.86. The number of carbonyl (C=O) groups is 2. The molecular formula is C17H22FNO4. The molecule has 0 radical (unpaired) electrons. The highest BCUT2D eigenvalue weighted by atomic mass is 19.1. The van der Waals surface area contributed by atoms with Gasteiger partial charge < -0.3 is 15.2 Å². The first-order chi connectivity index (χ1) is 11.0. The molecule has 0 bridgehead atoms. The molecule has 1 fully saturated rings. The van der Waals surface area contributed by atoms with Crippen molar-refractivity contribution in [3.8, 4) is 5.75 Å². The number of alkyl halides is 1. The number of carboxylic acid groups (broad SMARTS) is 1. The molecule has 2 N–H and O–H groups in total. The van der Waals surface area contributed by atoms with Crippen LogP contribution in [0.15, 0.2) is 24.3 Å². The van der Waals surface area contributed by atoms with Crippen molar-refractivity contribution < 1.29 is 23.8 Å². The van der Waals surface area contributed by atoms with Crippen LogP contribution in [-0.4, -0.2) is 35.8 Å². The smallest absolute Gasteiger partial charge is 0.341 e. The number of aliphatic carboxylic acids is 1. The van der Waals surface area contributed by atoms with Gasteiger partial charge in [0.05, 0.1) is 0 Å². The zero-order valence-electron chi connectivity index (χ0n) is 13.1. The maximum Gasteiger partial charge on any atom is 0.341 e. The van der Waals surface area contributed by atoms with Gasteiger partial charge in [-0.3, -0.25) is 4.79 Å². The Hall–Kier alpha value is -2.11. The summed E-state index contributed by atoms with van der Waals surface area (Å²) in [5.41, 5.74) is 0.416. The standard InChI is InChI=1S/C17H22FNO4/c1-11(12-5-7-14(18)8-6-12)19-17(22)13-3-2-4-15(9-13)23-10-16(20)21/h2-4,9,11-12,14H,5-8,10H2,1H3,(H,19,22)(H,20,21). The van der Waals surface area contributed by atoms with E-state index in [0.29, 0.717) is 24.2 Å². The van der Waals surface area contributed by atoms with Crippen molar-refractivity contribution in [1.82, 2.24) is 5.32 Å². The second-order valence-corrected chi connectivity index (χ2v) is 5.98. The predicted molar refractivity (Wildman–Crippen MR) is 83.4 cm³/mol. The number of rotatable bonds is 6. The Kier molecular flexibility index (Phi) is 5.96. The molecule has 23 heavy (non-hydrogen) atoms. The highest BCUT2D eigenvalue weighted by Gasteiger charge is 2.26. The van der Waals surface area contributed by atoms with Crippen LogP contribution in [0.5, 0.6) is 5.75 Å². The van der Waals surface area contributed by atoms with Crippen molar-refractivity contribution in [2.45, 2.75) is 44.8 Å². The fraction of sp³-hybridized carbons (Fsp3) is 0.529. The second-order valence-electron chi connectivity index (χ2n) is 5.98. The molecule has 6 heteroatoms. The molecule has 5 nitrogen and oxygen atoms in total. The van der Waals surface area contributed by atoms with Crippen LogP contribution < -0.4 is 10.1 Å². The Labute approximate surface area is 134 Å². The molecule has 126 valence electrons. The average Bonchev–Trinajstić information content (AvgIpc) is 2.53. The van der Waals surface area contributed by atoms with Crippen LogP contribution >= 0.6 is 0 Å². The molecule has 0 heterocycles. The summed E-state index contributed by atoms with van der Waals surface area (Å²) < 4.78 is 18.2. The first kappa shape index (κ1) is 17.2. The van der Waals surface area contributed by atoms with Gasteiger partial charge in [0.15, 0.2) is 6.61 Å². The molecule has 1 atom stereocenters. The zero-order chi connectivity index (χ0) is 16.8. The van der Waals surface area contributed by atoms with E-state index in [2.05, 4.69) is 5.32 Å². The summed E-state index contributed by atoms with van der Waals surface area (Å²) in [4.78, 5) is 22.8. The van der Waals surface area contributed by atoms with Crippen molar-refractivity contribution in [3.63, 3.8) is 0 Å². The maximum absolute atomic E-state index is 13.2. The van der Waals surface area contributed by atoms with E-state index in [0.717, 1.165) is 12.8 Å². The van der Waals surface area contributed by atoms with E-state index in [4.69, 9.17) is 9.84 Å². The molecule has 1 aliphatic carbocycles. The number of halogens is 1. The fourth-order valence-corrected chi connectivity index (χ4v) is 2.86. The minimum Gasteiger partial charge on any atom is -0.482 e. The summed E-state index contributed by atoms with van der Waals surface area (Å²) in [5, 5.41) is 11.5. The second kappa shape index (κ2) is 7.94. The van der Waals surface area contributed by atoms with Crippen LogP contribution in [0.4, 0.5) is 4.39 Å². The Morgan fingerprint density at radius 3 is 2.70 bits per heavy atom. The summed E-state index contributed by atoms with van der Waals surface area (Å²) in [7, 11) is 0. The molecule has 1 unspecified atom stereocenters. The van der Waals surface area contributed by atoms with Crippen LogP contribution in [0.2, 0.25) is 0 Å². The summed E-state index contributed by atoms with van der Waals surface area (Å²) >= 11 is 0. The lowest BCUT2D eigenvalue weighted by atomic mass is 9.83. The number of hydrogen-bond acceptors (Lipinski definition) is 3. The highest BCUT2D eigenvalue weighted by molar-refractivity contribution is 5.94. The predicted octanol–water partition coefficient (Wildman–Crippen LogP) is 2.80. The van der Waals surface area contributed by atoms with E-state index < -0.39 is 18.7 Å². The number of hydrogen-bond donors (Lipinski definition) is 2. The normalized spacial score (nSPS) is 22.2. The lowest BCUT2D eigenvalue weighted by molar-refractivity contribution is -0.139. The summed E-state index contributed by atoms with van der Waals surface area (Å²) in [5.74, 6) is -0.680. The average molecular weight is 323 g/mol. The summed E-state index contributed by atoms with van der Waals surface area (Å²) in [6.07, 6.45) is 1.97. The van der Waals surface area contributed by atoms with Crippen molar-refractivity contribution in [3.05, 3.63) is 29.8 Å². The van der Waals surface area contributed by atoms with Gasteiger partial charge in [0, 0.05) is 11.6 Å². The zero-order valence-corrected chi connectivity index (χ0v) is 13.1. The quantitative estimate of drug-likeness (QED) is 0.844. The van der Waals surface area contributed by atoms with Crippen molar-refractivity contribution in [2.75, 3.05) is 6.61 Å². The third kappa shape index (κ3) is 5.23. The monoisotopic (exact) mass is 323 g/mol. The van der Waals surface area contributed by atoms with E-state index in [9.17, 15) is 14.0 Å². The van der Waals surface area contributed by atoms with Crippen LogP contribution in [0.1, 0.15) is 43.0 Å². The van der Waals surface area contributed by atoms with E-state index in [1.54, 1.807) is 18.2 Å². The molecule has 1 aliphatic rings. The molecule has 1 aromatic rings. The van der Waals surface area contributed by atoms with Crippen LogP contribution in [-0.2, 0) is 4.79 Å². The van der Waals surface area contributed by atoms with Gasteiger partial charge in [-0.05, 0) is 56.7 Å². The first-order valence-corrected chi connectivity index (χ1v) is 7.85. The topological polar surface area (TPSA) is 75.6 Å². The molecule has 0 aliphatic heterocycles. The number of carbonyl (C=O) groups excluding carboxylic acids is 1. The molecule has 0 aromatic heterocycles. The van der Waals surface area contributed by atoms with Crippen LogP contribution in [0.25, 0.3) is 0 Å². The molecule has 0 saturated heterocycles. The van der Waals surface area contributed by atoms with E-state index in [-0.39, 0.29) is 17.9 Å². The first-order valence-electron chi connectivity index (χ1n) is 7.85. The van der Waals surface area contributed by atoms with Gasteiger partial charge in [-0.15, -0.1) is 0 Å². The third-order valence-electron chi connectivity index (χ3n) is 4.23. The number of carboxylic acids is 1. The number of ether oxygens (including phenoxy) is 1. The van der Waals surface area contributed by atoms with Crippen molar-refractivity contribution >= 4 is 11.9 Å². The van der Waals surface area contributed by atoms with Gasteiger partial charge in [-0.25, -0.2) is 9.18 Å². The Morgan fingerprint density at radius 1 is 1.35 bits per heavy atom. The minimum atomic E-state index is -1.07. The van der Waals surface area contributed by atoms with Gasteiger partial charge in [-0.1, -0.05) is 6.07 Å².